The van der Waals surface area contributed by atoms with Gasteiger partial charge in [0.05, 0.1) is 0 Å². The number of hydrogen-bond donors (Lipinski definition) is 0. The Morgan fingerprint density at radius 2 is 0.620 bits per heavy atom. The summed E-state index contributed by atoms with van der Waals surface area (Å²) in [5.41, 5.74) is 1.02. The summed E-state index contributed by atoms with van der Waals surface area (Å²) in [5.74, 6) is -0.875. The van der Waals surface area contributed by atoms with Crippen LogP contribution in [-0.2, 0) is 0 Å². The molecule has 0 bridgehead atoms. The third kappa shape index (κ3) is 10.4. The fourth-order valence-corrected chi connectivity index (χ4v) is 13.1. The maximum absolute atomic E-state index is 14.2. The molecule has 10 nitrogen and oxygen atoms in total. The molecular weight excluding hydrogens is 762 g/mol. The van der Waals surface area contributed by atoms with Gasteiger partial charge in [0.15, 0.2) is 0 Å². The quantitative estimate of drug-likeness (QED) is 0.240. The molecule has 4 amide bonds. The molecule has 0 saturated carbocycles. The molecule has 2 aromatic rings. The van der Waals surface area contributed by atoms with Gasteiger partial charge in [0.1, 0.15) is 0 Å². The van der Waals surface area contributed by atoms with Crippen molar-refractivity contribution in [3.63, 3.8) is 0 Å². The van der Waals surface area contributed by atoms with Gasteiger partial charge in [0.2, 0.25) is 0 Å². The van der Waals surface area contributed by atoms with E-state index in [9.17, 15) is 19.2 Å². The van der Waals surface area contributed by atoms with Gasteiger partial charge in [0.25, 0.3) is 0 Å². The first kappa shape index (κ1) is 43.4. The summed E-state index contributed by atoms with van der Waals surface area (Å²) in [5, 5.41) is 0. The fraction of sp³-hybridized carbons (Fsp3) is 0.632. The van der Waals surface area contributed by atoms with Crippen LogP contribution in [0.4, 0.5) is 0 Å². The van der Waals surface area contributed by atoms with E-state index in [-0.39, 0.29) is 121 Å². The summed E-state index contributed by atoms with van der Waals surface area (Å²) in [4.78, 5) is 72.6. The van der Waals surface area contributed by atoms with Gasteiger partial charge in [-0.1, -0.05) is 0 Å². The summed E-state index contributed by atoms with van der Waals surface area (Å²) in [7, 11) is 0. The van der Waals surface area contributed by atoms with E-state index >= 15 is 0 Å². The van der Waals surface area contributed by atoms with Crippen LogP contribution in [-0.4, -0.2) is 128 Å². The third-order valence-corrected chi connectivity index (χ3v) is 15.3. The number of aromatic nitrogens is 2. The first-order valence-corrected chi connectivity index (χ1v) is 23.9. The van der Waals surface area contributed by atoms with Gasteiger partial charge in [-0.05, 0) is 0 Å². The number of amides is 4. The van der Waals surface area contributed by atoms with Crippen LogP contribution in [0.1, 0.15) is 153 Å². The Bertz CT molecular complexity index is 1360. The van der Waals surface area contributed by atoms with Crippen molar-refractivity contribution >= 4 is 58.8 Å². The minimum absolute atomic E-state index is 0.0405. The molecule has 0 N–H and O–H groups in total. The molecule has 278 valence electrons. The van der Waals surface area contributed by atoms with Crippen LogP contribution >= 0.6 is 0 Å². The standard InChI is InChI=1S/C38H60N6O4Se2/c1-21(2)41(22(3)4)35(45)29-17-19-31(33(39-29)37(47)43(25(9)10)26(11)12)49-50-32-20-18-30(36(46)42(23(5)6)24(7)8)40-34(32)38(48)44(27(13)14)28(15)16/h17-28H,1-16H3. The van der Waals surface area contributed by atoms with Gasteiger partial charge in [-0.3, -0.25) is 0 Å². The number of carbonyl (C=O) groups excluding carboxylic acids is 4. The SMILES string of the molecule is CC(C)N(C(=O)c1ccc([Se][Se]c2ccc(C(=O)N(C(C)C)C(C)C)nc2C(=O)N(C(C)C)C(C)C)c(C(=O)N(C(C)C)C(C)C)n1)C(C)C. The average molecular weight is 823 g/mol. The Morgan fingerprint density at radius 1 is 0.400 bits per heavy atom. The van der Waals surface area contributed by atoms with Gasteiger partial charge in [0, 0.05) is 0 Å². The minimum atomic E-state index is -0.313. The average Bonchev–Trinajstić information content (AvgIpc) is 2.98. The number of pyridine rings is 2. The Kier molecular flexibility index (Phi) is 16.2. The van der Waals surface area contributed by atoms with Crippen LogP contribution < -0.4 is 8.92 Å². The summed E-state index contributed by atoms with van der Waals surface area (Å²) >= 11 is -0.626. The predicted molar refractivity (Wildman–Crippen MR) is 205 cm³/mol. The fourth-order valence-electron chi connectivity index (χ4n) is 6.43. The number of rotatable bonds is 15. The third-order valence-electron chi connectivity index (χ3n) is 8.17. The molecule has 0 aliphatic carbocycles. The molecule has 0 atom stereocenters. The van der Waals surface area contributed by atoms with Crippen molar-refractivity contribution in [2.75, 3.05) is 0 Å². The van der Waals surface area contributed by atoms with Crippen molar-refractivity contribution in [3.05, 3.63) is 47.0 Å². The zero-order valence-electron chi connectivity index (χ0n) is 33.1. The molecule has 0 spiro atoms. The van der Waals surface area contributed by atoms with Crippen molar-refractivity contribution in [1.82, 2.24) is 29.6 Å². The Morgan fingerprint density at radius 3 is 0.840 bits per heavy atom. The van der Waals surface area contributed by atoms with Gasteiger partial charge >= 0.3 is 314 Å². The van der Waals surface area contributed by atoms with Crippen LogP contribution in [0.5, 0.6) is 0 Å². The molecule has 0 unspecified atom stereocenters. The molecule has 0 saturated heterocycles. The predicted octanol–water partition coefficient (Wildman–Crippen LogP) is 4.79. The number of nitrogens with zero attached hydrogens (tertiary/aromatic N) is 6. The zero-order valence-corrected chi connectivity index (χ0v) is 36.5. The van der Waals surface area contributed by atoms with Crippen LogP contribution in [0.2, 0.25) is 0 Å². The summed E-state index contributed by atoms with van der Waals surface area (Å²) < 4.78 is 1.53. The van der Waals surface area contributed by atoms with E-state index in [1.807, 2.05) is 123 Å². The van der Waals surface area contributed by atoms with Crippen LogP contribution in [0.25, 0.3) is 0 Å². The Balaban J connectivity index is 2.75. The van der Waals surface area contributed by atoms with E-state index in [4.69, 9.17) is 9.97 Å². The molecular formula is C38H60N6O4Se2. The van der Waals surface area contributed by atoms with Gasteiger partial charge in [-0.25, -0.2) is 0 Å². The van der Waals surface area contributed by atoms with Crippen molar-refractivity contribution < 1.29 is 19.2 Å². The maximum atomic E-state index is 14.2. The Hall–Kier alpha value is -2.78. The second-order valence-corrected chi connectivity index (χ2v) is 21.0. The molecule has 0 fully saturated rings. The van der Waals surface area contributed by atoms with Crippen molar-refractivity contribution in [2.45, 2.75) is 159 Å². The molecule has 2 aromatic heterocycles. The van der Waals surface area contributed by atoms with Gasteiger partial charge < -0.3 is 0 Å². The molecule has 12 heteroatoms. The topological polar surface area (TPSA) is 107 Å². The van der Waals surface area contributed by atoms with E-state index in [1.54, 1.807) is 31.7 Å². The summed E-state index contributed by atoms with van der Waals surface area (Å²) in [6.45, 7) is 31.6. The van der Waals surface area contributed by atoms with Crippen LogP contribution in [0.3, 0.4) is 0 Å². The first-order valence-electron chi connectivity index (χ1n) is 17.8. The Labute approximate surface area is 312 Å². The van der Waals surface area contributed by atoms with E-state index in [1.165, 1.54) is 0 Å². The number of carbonyl (C=O) groups is 4. The van der Waals surface area contributed by atoms with E-state index in [0.717, 1.165) is 8.92 Å². The summed E-state index contributed by atoms with van der Waals surface area (Å²) in [6.07, 6.45) is 0. The van der Waals surface area contributed by atoms with E-state index < -0.39 is 0 Å². The monoisotopic (exact) mass is 824 g/mol. The van der Waals surface area contributed by atoms with Crippen molar-refractivity contribution in [3.8, 4) is 0 Å². The van der Waals surface area contributed by atoms with Gasteiger partial charge in [-0.2, -0.15) is 0 Å². The van der Waals surface area contributed by atoms with Crippen LogP contribution in [0, 0.1) is 0 Å². The molecule has 2 rings (SSSR count). The van der Waals surface area contributed by atoms with E-state index in [0.29, 0.717) is 0 Å². The second-order valence-electron chi connectivity index (χ2n) is 14.9. The van der Waals surface area contributed by atoms with Crippen LogP contribution in [0.15, 0.2) is 24.3 Å². The molecule has 0 aliphatic heterocycles. The second kappa shape index (κ2) is 18.6. The van der Waals surface area contributed by atoms with Crippen molar-refractivity contribution in [1.29, 1.82) is 0 Å². The van der Waals surface area contributed by atoms with Crippen molar-refractivity contribution in [2.24, 2.45) is 0 Å². The molecule has 0 aliphatic rings. The molecule has 2 heterocycles. The van der Waals surface area contributed by atoms with E-state index in [2.05, 4.69) is 0 Å². The summed E-state index contributed by atoms with van der Waals surface area (Å²) in [6, 6.07) is 6.68. The molecule has 0 aromatic carbocycles. The zero-order chi connectivity index (χ0) is 38.4. The molecule has 0 radical (unpaired) electrons. The van der Waals surface area contributed by atoms with Gasteiger partial charge in [-0.15, -0.1) is 0 Å². The number of hydrogen-bond acceptors (Lipinski definition) is 6. The normalized spacial score (nSPS) is 11.9. The first-order chi connectivity index (χ1) is 23.1. The molecule has 50 heavy (non-hydrogen) atoms.